The van der Waals surface area contributed by atoms with Gasteiger partial charge in [-0.1, -0.05) is 54.6 Å². The van der Waals surface area contributed by atoms with E-state index in [0.29, 0.717) is 37.0 Å². The van der Waals surface area contributed by atoms with Crippen LogP contribution in [-0.2, 0) is 21.2 Å². The number of ketones is 1. The molecule has 1 atom stereocenters. The molecular weight excluding hydrogens is 460 g/mol. The van der Waals surface area contributed by atoms with Crippen molar-refractivity contribution in [2.24, 2.45) is 0 Å². The molecule has 5 rings (SSSR count). The van der Waals surface area contributed by atoms with Crippen molar-refractivity contribution < 1.29 is 17.6 Å². The Kier molecular flexibility index (Phi) is 6.25. The molecule has 4 aromatic rings. The molecule has 176 valence electrons. The molecule has 0 amide bonds. The van der Waals surface area contributed by atoms with E-state index in [1.54, 1.807) is 30.3 Å². The van der Waals surface area contributed by atoms with Crippen molar-refractivity contribution in [3.8, 4) is 17.2 Å². The first kappa shape index (κ1) is 23.0. The molecule has 2 heterocycles. The van der Waals surface area contributed by atoms with E-state index in [1.807, 2.05) is 42.5 Å². The SMILES string of the molecule is N#Cc1ccc(-c2ccc(CCC(=O)[C@@H]3CCCN3S(=O)(=O)c3cc4ccccc4o3)cc2)cc1. The average molecular weight is 485 g/mol. The normalized spacial score (nSPS) is 16.4. The van der Waals surface area contributed by atoms with Crippen LogP contribution in [0.1, 0.15) is 30.4 Å². The highest BCUT2D eigenvalue weighted by Crippen LogP contribution is 2.31. The minimum Gasteiger partial charge on any atom is -0.443 e. The number of sulfonamides is 1. The quantitative estimate of drug-likeness (QED) is 0.354. The van der Waals surface area contributed by atoms with Gasteiger partial charge in [0, 0.05) is 24.4 Å². The third-order valence-corrected chi connectivity index (χ3v) is 8.27. The zero-order valence-corrected chi connectivity index (χ0v) is 19.9. The van der Waals surface area contributed by atoms with Crippen molar-refractivity contribution in [1.29, 1.82) is 5.26 Å². The second kappa shape index (κ2) is 9.49. The summed E-state index contributed by atoms with van der Waals surface area (Å²) in [5.41, 5.74) is 4.19. The van der Waals surface area contributed by atoms with Crippen molar-refractivity contribution >= 4 is 26.8 Å². The molecule has 0 unspecified atom stereocenters. The van der Waals surface area contributed by atoms with Crippen LogP contribution < -0.4 is 0 Å². The fourth-order valence-electron chi connectivity index (χ4n) is 4.59. The Morgan fingerprint density at radius 1 is 1.00 bits per heavy atom. The lowest BCUT2D eigenvalue weighted by Crippen LogP contribution is -2.40. The van der Waals surface area contributed by atoms with Crippen molar-refractivity contribution in [2.75, 3.05) is 6.54 Å². The maximum atomic E-state index is 13.3. The lowest BCUT2D eigenvalue weighted by molar-refractivity contribution is -0.122. The van der Waals surface area contributed by atoms with Gasteiger partial charge in [0.05, 0.1) is 17.7 Å². The molecule has 7 heteroatoms. The lowest BCUT2D eigenvalue weighted by atomic mass is 9.99. The van der Waals surface area contributed by atoms with Crippen molar-refractivity contribution in [1.82, 2.24) is 4.31 Å². The Morgan fingerprint density at radius 3 is 2.37 bits per heavy atom. The molecule has 6 nitrogen and oxygen atoms in total. The molecule has 0 radical (unpaired) electrons. The number of rotatable bonds is 7. The lowest BCUT2D eigenvalue weighted by Gasteiger charge is -2.21. The summed E-state index contributed by atoms with van der Waals surface area (Å²) in [5, 5.41) is 9.55. The molecule has 1 aromatic heterocycles. The second-order valence-electron chi connectivity index (χ2n) is 8.73. The molecule has 1 saturated heterocycles. The minimum absolute atomic E-state index is 0.0710. The first-order valence-corrected chi connectivity index (χ1v) is 13.0. The summed E-state index contributed by atoms with van der Waals surface area (Å²) < 4.78 is 33.4. The van der Waals surface area contributed by atoms with Crippen LogP contribution in [0.2, 0.25) is 0 Å². The van der Waals surface area contributed by atoms with Gasteiger partial charge in [-0.15, -0.1) is 0 Å². The maximum absolute atomic E-state index is 13.3. The molecule has 1 aliphatic heterocycles. The van der Waals surface area contributed by atoms with E-state index in [1.165, 1.54) is 10.4 Å². The summed E-state index contributed by atoms with van der Waals surface area (Å²) in [4.78, 5) is 13.1. The Balaban J connectivity index is 1.25. The van der Waals surface area contributed by atoms with E-state index in [2.05, 4.69) is 6.07 Å². The van der Waals surface area contributed by atoms with Gasteiger partial charge in [0.25, 0.3) is 10.0 Å². The highest BCUT2D eigenvalue weighted by Gasteiger charge is 2.40. The summed E-state index contributed by atoms with van der Waals surface area (Å²) in [5.74, 6) is -0.0710. The van der Waals surface area contributed by atoms with E-state index in [-0.39, 0.29) is 17.3 Å². The molecule has 0 spiro atoms. The number of para-hydroxylation sites is 1. The first-order valence-electron chi connectivity index (χ1n) is 11.6. The summed E-state index contributed by atoms with van der Waals surface area (Å²) in [6, 6.07) is 25.5. The van der Waals surface area contributed by atoms with Gasteiger partial charge >= 0.3 is 0 Å². The maximum Gasteiger partial charge on any atom is 0.277 e. The molecule has 1 aliphatic rings. The van der Waals surface area contributed by atoms with E-state index in [0.717, 1.165) is 22.1 Å². The molecule has 3 aromatic carbocycles. The predicted molar refractivity (Wildman–Crippen MR) is 133 cm³/mol. The number of hydrogen-bond acceptors (Lipinski definition) is 5. The van der Waals surface area contributed by atoms with Gasteiger partial charge < -0.3 is 4.42 Å². The number of hydrogen-bond donors (Lipinski definition) is 0. The molecule has 0 saturated carbocycles. The summed E-state index contributed by atoms with van der Waals surface area (Å²) in [6.45, 7) is 0.315. The van der Waals surface area contributed by atoms with Crippen LogP contribution in [-0.4, -0.2) is 31.1 Å². The first-order chi connectivity index (χ1) is 17.0. The van der Waals surface area contributed by atoms with E-state index in [4.69, 9.17) is 9.68 Å². The standard InChI is InChI=1S/C28H24N2O4S/c29-19-21-9-14-23(15-10-21)22-12-7-20(8-13-22)11-16-26(31)25-5-3-17-30(25)35(32,33)28-18-24-4-1-2-6-27(24)34-28/h1-2,4,6-10,12-15,18,25H,3,5,11,16-17H2/t25-/m0/s1. The Hall–Kier alpha value is -3.73. The van der Waals surface area contributed by atoms with E-state index in [9.17, 15) is 13.2 Å². The van der Waals surface area contributed by atoms with E-state index < -0.39 is 16.1 Å². The number of fused-ring (bicyclic) bond motifs is 1. The summed E-state index contributed by atoms with van der Waals surface area (Å²) >= 11 is 0. The van der Waals surface area contributed by atoms with Gasteiger partial charge in [-0.05, 0) is 54.2 Å². The van der Waals surface area contributed by atoms with Gasteiger partial charge in [-0.3, -0.25) is 4.79 Å². The van der Waals surface area contributed by atoms with E-state index >= 15 is 0 Å². The number of nitriles is 1. The summed E-state index contributed by atoms with van der Waals surface area (Å²) in [6.07, 6.45) is 1.99. The monoisotopic (exact) mass is 484 g/mol. The third-order valence-electron chi connectivity index (χ3n) is 6.50. The topological polar surface area (TPSA) is 91.4 Å². The van der Waals surface area contributed by atoms with Crippen LogP contribution >= 0.6 is 0 Å². The van der Waals surface area contributed by atoms with Crippen molar-refractivity contribution in [3.05, 3.63) is 90.0 Å². The van der Waals surface area contributed by atoms with Gasteiger partial charge in [0.15, 0.2) is 5.78 Å². The molecule has 35 heavy (non-hydrogen) atoms. The largest absolute Gasteiger partial charge is 0.443 e. The number of carbonyl (C=O) groups excluding carboxylic acids is 1. The number of furan rings is 1. The molecule has 0 N–H and O–H groups in total. The highest BCUT2D eigenvalue weighted by molar-refractivity contribution is 7.89. The highest BCUT2D eigenvalue weighted by atomic mass is 32.2. The Morgan fingerprint density at radius 2 is 1.69 bits per heavy atom. The van der Waals surface area contributed by atoms with Crippen LogP contribution in [0.5, 0.6) is 0 Å². The number of aryl methyl sites for hydroxylation is 1. The fourth-order valence-corrected chi connectivity index (χ4v) is 6.21. The van der Waals surface area contributed by atoms with Crippen molar-refractivity contribution in [3.63, 3.8) is 0 Å². The smallest absolute Gasteiger partial charge is 0.277 e. The van der Waals surface area contributed by atoms with Crippen LogP contribution in [0.3, 0.4) is 0 Å². The van der Waals surface area contributed by atoms with Gasteiger partial charge in [0.1, 0.15) is 5.58 Å². The molecular formula is C28H24N2O4S. The van der Waals surface area contributed by atoms with Crippen LogP contribution in [0.25, 0.3) is 22.1 Å². The zero-order chi connectivity index (χ0) is 24.4. The number of carbonyl (C=O) groups is 1. The summed E-state index contributed by atoms with van der Waals surface area (Å²) in [7, 11) is -3.89. The van der Waals surface area contributed by atoms with Crippen molar-refractivity contribution in [2.45, 2.75) is 36.8 Å². The Labute approximate surface area is 204 Å². The van der Waals surface area contributed by atoms with Crippen LogP contribution in [0, 0.1) is 11.3 Å². The Bertz CT molecular complexity index is 1480. The van der Waals surface area contributed by atoms with Gasteiger partial charge in [-0.25, -0.2) is 8.42 Å². The predicted octanol–water partition coefficient (Wildman–Crippen LogP) is 5.33. The minimum atomic E-state index is -3.89. The fraction of sp³-hybridized carbons (Fsp3) is 0.214. The second-order valence-corrected chi connectivity index (χ2v) is 10.6. The molecule has 1 fully saturated rings. The number of Topliss-reactive ketones (excluding diaryl/α,β-unsaturated/α-hetero) is 1. The van der Waals surface area contributed by atoms with Gasteiger partial charge in [0.2, 0.25) is 5.09 Å². The molecule has 0 bridgehead atoms. The zero-order valence-electron chi connectivity index (χ0n) is 19.1. The van der Waals surface area contributed by atoms with Crippen LogP contribution in [0.4, 0.5) is 0 Å². The number of benzene rings is 3. The number of nitrogens with zero attached hydrogens (tertiary/aromatic N) is 2. The average Bonchev–Trinajstić information content (AvgIpc) is 3.56. The molecule has 0 aliphatic carbocycles. The van der Waals surface area contributed by atoms with Gasteiger partial charge in [-0.2, -0.15) is 9.57 Å². The van der Waals surface area contributed by atoms with Crippen LogP contribution in [0.15, 0.2) is 88.4 Å². The third kappa shape index (κ3) is 4.63.